The third-order valence-electron chi connectivity index (χ3n) is 4.75. The minimum atomic E-state index is 0.356. The zero-order valence-electron chi connectivity index (χ0n) is 11.5. The summed E-state index contributed by atoms with van der Waals surface area (Å²) in [6.07, 6.45) is 13.5. The molecule has 3 nitrogen and oxygen atoms in total. The number of hydrogen-bond donors (Lipinski definition) is 1. The van der Waals surface area contributed by atoms with Gasteiger partial charge in [-0.05, 0) is 45.1 Å². The van der Waals surface area contributed by atoms with Gasteiger partial charge in [0.25, 0.3) is 0 Å². The first-order valence-electron chi connectivity index (χ1n) is 7.59. The molecule has 3 rings (SSSR count). The molecule has 1 unspecified atom stereocenters. The molecule has 1 aliphatic heterocycles. The fourth-order valence-electron chi connectivity index (χ4n) is 3.52. The van der Waals surface area contributed by atoms with E-state index in [1.807, 2.05) is 6.20 Å². The Balaban J connectivity index is 1.81. The highest BCUT2D eigenvalue weighted by atomic mass is 15.1. The highest BCUT2D eigenvalue weighted by Gasteiger charge is 2.45. The van der Waals surface area contributed by atoms with E-state index >= 15 is 0 Å². The van der Waals surface area contributed by atoms with Crippen LogP contribution in [-0.2, 0) is 13.0 Å². The minimum Gasteiger partial charge on any atom is -0.335 e. The number of nitrogens with zero attached hydrogens (tertiary/aromatic N) is 2. The highest BCUT2D eigenvalue weighted by Crippen LogP contribution is 2.44. The van der Waals surface area contributed by atoms with E-state index in [1.165, 1.54) is 50.9 Å². The summed E-state index contributed by atoms with van der Waals surface area (Å²) in [5.41, 5.74) is 0.356. The number of aryl methyl sites for hydroxylation is 1. The maximum absolute atomic E-state index is 4.59. The highest BCUT2D eigenvalue weighted by molar-refractivity contribution is 5.09. The monoisotopic (exact) mass is 247 g/mol. The lowest BCUT2D eigenvalue weighted by Crippen LogP contribution is -2.49. The van der Waals surface area contributed by atoms with Crippen LogP contribution in [0.2, 0.25) is 0 Å². The Hall–Kier alpha value is -0.830. The molecule has 3 heteroatoms. The van der Waals surface area contributed by atoms with Crippen molar-refractivity contribution in [2.45, 2.75) is 64.0 Å². The van der Waals surface area contributed by atoms with Crippen LogP contribution < -0.4 is 5.32 Å². The number of hydrogen-bond acceptors (Lipinski definition) is 2. The zero-order valence-corrected chi connectivity index (χ0v) is 11.5. The van der Waals surface area contributed by atoms with Gasteiger partial charge in [0.15, 0.2) is 0 Å². The van der Waals surface area contributed by atoms with Crippen molar-refractivity contribution in [3.8, 4) is 0 Å². The average Bonchev–Trinajstić information content (AvgIpc) is 3.16. The Morgan fingerprint density at radius 2 is 2.28 bits per heavy atom. The van der Waals surface area contributed by atoms with Crippen molar-refractivity contribution in [1.82, 2.24) is 14.9 Å². The third-order valence-corrected chi connectivity index (χ3v) is 4.75. The second-order valence-corrected chi connectivity index (χ2v) is 5.97. The molecule has 1 saturated carbocycles. The Kier molecular flexibility index (Phi) is 3.42. The molecule has 0 aromatic carbocycles. The van der Waals surface area contributed by atoms with Gasteiger partial charge in [0.05, 0.1) is 0 Å². The van der Waals surface area contributed by atoms with Gasteiger partial charge in [-0.25, -0.2) is 4.98 Å². The third kappa shape index (κ3) is 2.33. The lowest BCUT2D eigenvalue weighted by molar-refractivity contribution is 0.263. The van der Waals surface area contributed by atoms with Crippen molar-refractivity contribution in [1.29, 1.82) is 0 Å². The molecule has 1 saturated heterocycles. The molecule has 2 heterocycles. The van der Waals surface area contributed by atoms with Crippen LogP contribution in [0.1, 0.15) is 51.3 Å². The van der Waals surface area contributed by atoms with E-state index in [-0.39, 0.29) is 0 Å². The van der Waals surface area contributed by atoms with E-state index in [1.54, 1.807) is 0 Å². The Labute approximate surface area is 110 Å². The Morgan fingerprint density at radius 1 is 1.39 bits per heavy atom. The average molecular weight is 247 g/mol. The second-order valence-electron chi connectivity index (χ2n) is 5.97. The summed E-state index contributed by atoms with van der Waals surface area (Å²) in [6.45, 7) is 4.44. The van der Waals surface area contributed by atoms with Gasteiger partial charge in [-0.1, -0.05) is 12.8 Å². The molecular weight excluding hydrogens is 222 g/mol. The van der Waals surface area contributed by atoms with Gasteiger partial charge in [-0.15, -0.1) is 0 Å². The number of imidazole rings is 1. The van der Waals surface area contributed by atoms with Gasteiger partial charge in [0.1, 0.15) is 5.82 Å². The SMILES string of the molecule is CCn1ccnc1CC1(C2CC2)CCCCCN1. The first kappa shape index (κ1) is 12.2. The molecule has 1 aromatic heterocycles. The van der Waals surface area contributed by atoms with Gasteiger partial charge in [-0.3, -0.25) is 0 Å². The normalized spacial score (nSPS) is 29.2. The van der Waals surface area contributed by atoms with Crippen LogP contribution in [0.25, 0.3) is 0 Å². The Bertz CT molecular complexity index is 384. The molecule has 100 valence electrons. The van der Waals surface area contributed by atoms with E-state index in [0.29, 0.717) is 5.54 Å². The maximum atomic E-state index is 4.59. The molecule has 0 spiro atoms. The Morgan fingerprint density at radius 3 is 3.06 bits per heavy atom. The standard InChI is InChI=1S/C15H25N3/c1-2-18-11-10-16-14(18)12-15(13-6-7-13)8-4-3-5-9-17-15/h10-11,13,17H,2-9,12H2,1H3. The lowest BCUT2D eigenvalue weighted by atomic mass is 9.84. The van der Waals surface area contributed by atoms with Gasteiger partial charge in [0.2, 0.25) is 0 Å². The minimum absolute atomic E-state index is 0.356. The first-order valence-corrected chi connectivity index (χ1v) is 7.59. The molecule has 1 atom stereocenters. The van der Waals surface area contributed by atoms with Crippen LogP contribution in [-0.4, -0.2) is 21.6 Å². The van der Waals surface area contributed by atoms with Crippen LogP contribution in [0.5, 0.6) is 0 Å². The van der Waals surface area contributed by atoms with E-state index in [9.17, 15) is 0 Å². The summed E-state index contributed by atoms with van der Waals surface area (Å²) in [6, 6.07) is 0. The van der Waals surface area contributed by atoms with Gasteiger partial charge in [0, 0.05) is 30.9 Å². The lowest BCUT2D eigenvalue weighted by Gasteiger charge is -2.34. The first-order chi connectivity index (χ1) is 8.84. The molecular formula is C15H25N3. The molecule has 1 N–H and O–H groups in total. The number of aromatic nitrogens is 2. The summed E-state index contributed by atoms with van der Waals surface area (Å²) < 4.78 is 2.30. The molecule has 0 bridgehead atoms. The largest absolute Gasteiger partial charge is 0.335 e. The fourth-order valence-corrected chi connectivity index (χ4v) is 3.52. The van der Waals surface area contributed by atoms with Crippen LogP contribution in [0.3, 0.4) is 0 Å². The molecule has 1 aromatic rings. The zero-order chi connectivity index (χ0) is 12.4. The summed E-state index contributed by atoms with van der Waals surface area (Å²) in [5.74, 6) is 2.18. The quantitative estimate of drug-likeness (QED) is 0.886. The number of nitrogens with one attached hydrogen (secondary N) is 1. The molecule has 0 radical (unpaired) electrons. The molecule has 0 amide bonds. The van der Waals surface area contributed by atoms with Crippen molar-refractivity contribution < 1.29 is 0 Å². The van der Waals surface area contributed by atoms with Crippen LogP contribution in [0.15, 0.2) is 12.4 Å². The van der Waals surface area contributed by atoms with E-state index in [0.717, 1.165) is 18.9 Å². The van der Waals surface area contributed by atoms with Gasteiger partial charge >= 0.3 is 0 Å². The van der Waals surface area contributed by atoms with Gasteiger partial charge in [-0.2, -0.15) is 0 Å². The van der Waals surface area contributed by atoms with E-state index in [2.05, 4.69) is 28.0 Å². The van der Waals surface area contributed by atoms with Gasteiger partial charge < -0.3 is 9.88 Å². The molecule has 1 aliphatic carbocycles. The maximum Gasteiger partial charge on any atom is 0.110 e. The van der Waals surface area contributed by atoms with E-state index in [4.69, 9.17) is 0 Å². The van der Waals surface area contributed by atoms with Crippen molar-refractivity contribution >= 4 is 0 Å². The fraction of sp³-hybridized carbons (Fsp3) is 0.800. The molecule has 2 fully saturated rings. The van der Waals surface area contributed by atoms with Crippen LogP contribution in [0, 0.1) is 5.92 Å². The number of rotatable bonds is 4. The summed E-state index contributed by atoms with van der Waals surface area (Å²) in [7, 11) is 0. The summed E-state index contributed by atoms with van der Waals surface area (Å²) in [4.78, 5) is 4.59. The smallest absolute Gasteiger partial charge is 0.110 e. The second kappa shape index (κ2) is 5.04. The van der Waals surface area contributed by atoms with Crippen molar-refractivity contribution in [2.24, 2.45) is 5.92 Å². The summed E-state index contributed by atoms with van der Waals surface area (Å²) >= 11 is 0. The predicted molar refractivity (Wildman–Crippen MR) is 73.5 cm³/mol. The van der Waals surface area contributed by atoms with Crippen molar-refractivity contribution in [3.05, 3.63) is 18.2 Å². The summed E-state index contributed by atoms with van der Waals surface area (Å²) in [5, 5.41) is 3.89. The van der Waals surface area contributed by atoms with Crippen LogP contribution in [0.4, 0.5) is 0 Å². The van der Waals surface area contributed by atoms with Crippen molar-refractivity contribution in [3.63, 3.8) is 0 Å². The topological polar surface area (TPSA) is 29.9 Å². The molecule has 18 heavy (non-hydrogen) atoms. The van der Waals surface area contributed by atoms with Crippen LogP contribution >= 0.6 is 0 Å². The predicted octanol–water partition coefficient (Wildman–Crippen LogP) is 2.76. The molecule has 2 aliphatic rings. The van der Waals surface area contributed by atoms with E-state index < -0.39 is 0 Å². The van der Waals surface area contributed by atoms with Crippen molar-refractivity contribution in [2.75, 3.05) is 6.54 Å².